The van der Waals surface area contributed by atoms with E-state index < -0.39 is 10.0 Å². The van der Waals surface area contributed by atoms with E-state index in [1.54, 1.807) is 16.4 Å². The van der Waals surface area contributed by atoms with E-state index in [4.69, 9.17) is 11.6 Å². The lowest BCUT2D eigenvalue weighted by Gasteiger charge is -2.32. The van der Waals surface area contributed by atoms with Gasteiger partial charge >= 0.3 is 0 Å². The number of hydrogen-bond donors (Lipinski definition) is 0. The number of unbranched alkanes of at least 4 members (excludes halogenated alkanes) is 8. The Kier molecular flexibility index (Phi) is 10.4. The molecule has 162 valence electrons. The van der Waals surface area contributed by atoms with E-state index in [1.165, 1.54) is 25.7 Å². The van der Waals surface area contributed by atoms with Gasteiger partial charge in [0, 0.05) is 24.0 Å². The van der Waals surface area contributed by atoms with Gasteiger partial charge in [0.1, 0.15) is 6.29 Å². The Labute approximate surface area is 181 Å². The Morgan fingerprint density at radius 3 is 2.21 bits per heavy atom. The van der Waals surface area contributed by atoms with Crippen LogP contribution in [-0.2, 0) is 14.8 Å². The molecule has 6 heteroatoms. The van der Waals surface area contributed by atoms with Gasteiger partial charge in [-0.3, -0.25) is 0 Å². The minimum absolute atomic E-state index is 0.161. The number of nitrogens with zero attached hydrogens (tertiary/aromatic N) is 1. The quantitative estimate of drug-likeness (QED) is 0.280. The smallest absolute Gasteiger partial charge is 0.243 e. The van der Waals surface area contributed by atoms with Crippen LogP contribution >= 0.6 is 11.6 Å². The molecule has 0 saturated heterocycles. The van der Waals surface area contributed by atoms with Gasteiger partial charge in [0.2, 0.25) is 10.0 Å². The fraction of sp³-hybridized carbons (Fsp3) is 0.609. The van der Waals surface area contributed by atoms with Crippen molar-refractivity contribution in [2.75, 3.05) is 6.54 Å². The summed E-state index contributed by atoms with van der Waals surface area (Å²) in [6.07, 6.45) is 14.0. The minimum atomic E-state index is -3.51. The Bertz CT molecular complexity index is 759. The van der Waals surface area contributed by atoms with Crippen LogP contribution in [-0.4, -0.2) is 31.6 Å². The number of hydrogen-bond acceptors (Lipinski definition) is 3. The molecule has 0 saturated carbocycles. The first-order valence-electron chi connectivity index (χ1n) is 10.8. The standard InChI is InChI=1S/C23H34ClNO3S/c1-20-12-14-23(15-13-20)29(27,28)25-17-16-21(24)19-22(25)11-9-7-5-3-2-4-6-8-10-18-26/h12-15,18-19,22H,2-11,16-17H2,1H3. The summed E-state index contributed by atoms with van der Waals surface area (Å²) in [6.45, 7) is 2.39. The summed E-state index contributed by atoms with van der Waals surface area (Å²) in [6, 6.07) is 6.90. The van der Waals surface area contributed by atoms with E-state index in [0.717, 1.165) is 49.0 Å². The average Bonchev–Trinajstić information content (AvgIpc) is 2.69. The monoisotopic (exact) mass is 439 g/mol. The molecule has 1 atom stereocenters. The molecule has 1 heterocycles. The molecule has 1 aliphatic heterocycles. The molecule has 1 aliphatic rings. The molecule has 0 aromatic heterocycles. The highest BCUT2D eigenvalue weighted by molar-refractivity contribution is 7.89. The van der Waals surface area contributed by atoms with Crippen LogP contribution in [0.1, 0.15) is 76.2 Å². The predicted molar refractivity (Wildman–Crippen MR) is 120 cm³/mol. The van der Waals surface area contributed by atoms with E-state index in [-0.39, 0.29) is 6.04 Å². The Balaban J connectivity index is 1.81. The van der Waals surface area contributed by atoms with E-state index >= 15 is 0 Å². The van der Waals surface area contributed by atoms with Crippen molar-refractivity contribution in [3.8, 4) is 0 Å². The van der Waals surface area contributed by atoms with Crippen LogP contribution in [0, 0.1) is 6.92 Å². The second-order valence-corrected chi connectivity index (χ2v) is 10.3. The third-order valence-corrected chi connectivity index (χ3v) is 7.77. The Hall–Kier alpha value is -1.17. The van der Waals surface area contributed by atoms with Crippen molar-refractivity contribution < 1.29 is 13.2 Å². The lowest BCUT2D eigenvalue weighted by atomic mass is 10.0. The molecule has 0 radical (unpaired) electrons. The van der Waals surface area contributed by atoms with Crippen molar-refractivity contribution in [1.82, 2.24) is 4.31 Å². The fourth-order valence-electron chi connectivity index (χ4n) is 3.77. The zero-order valence-corrected chi connectivity index (χ0v) is 19.1. The van der Waals surface area contributed by atoms with Crippen LogP contribution in [0.5, 0.6) is 0 Å². The highest BCUT2D eigenvalue weighted by Gasteiger charge is 2.32. The summed E-state index contributed by atoms with van der Waals surface area (Å²) in [5.41, 5.74) is 1.05. The maximum absolute atomic E-state index is 13.1. The first-order valence-corrected chi connectivity index (χ1v) is 12.7. The maximum Gasteiger partial charge on any atom is 0.243 e. The number of sulfonamides is 1. The zero-order chi connectivity index (χ0) is 21.1. The number of aryl methyl sites for hydroxylation is 1. The normalized spacial score (nSPS) is 17.9. The SMILES string of the molecule is Cc1ccc(S(=O)(=O)N2CCC(Cl)=CC2CCCCCCCCCCC=O)cc1. The molecule has 0 amide bonds. The van der Waals surface area contributed by atoms with Crippen LogP contribution in [0.3, 0.4) is 0 Å². The molecular weight excluding hydrogens is 406 g/mol. The highest BCUT2D eigenvalue weighted by Crippen LogP contribution is 2.29. The molecule has 4 nitrogen and oxygen atoms in total. The second-order valence-electron chi connectivity index (χ2n) is 7.93. The van der Waals surface area contributed by atoms with Gasteiger partial charge in [-0.15, -0.1) is 0 Å². The van der Waals surface area contributed by atoms with E-state index in [0.29, 0.717) is 24.3 Å². The number of carbonyl (C=O) groups excluding carboxylic acids is 1. The highest BCUT2D eigenvalue weighted by atomic mass is 35.5. The molecule has 1 aromatic rings. The lowest BCUT2D eigenvalue weighted by molar-refractivity contribution is -0.107. The van der Waals surface area contributed by atoms with Gasteiger partial charge in [-0.25, -0.2) is 8.42 Å². The van der Waals surface area contributed by atoms with Crippen molar-refractivity contribution >= 4 is 27.9 Å². The molecule has 0 bridgehead atoms. The summed E-state index contributed by atoms with van der Waals surface area (Å²) in [5.74, 6) is 0. The summed E-state index contributed by atoms with van der Waals surface area (Å²) < 4.78 is 27.9. The third-order valence-electron chi connectivity index (χ3n) is 5.51. The van der Waals surface area contributed by atoms with Gasteiger partial charge in [0.15, 0.2) is 0 Å². The van der Waals surface area contributed by atoms with Gasteiger partial charge in [-0.2, -0.15) is 4.31 Å². The number of carbonyl (C=O) groups is 1. The van der Waals surface area contributed by atoms with Crippen LogP contribution < -0.4 is 0 Å². The average molecular weight is 440 g/mol. The first-order chi connectivity index (χ1) is 13.9. The van der Waals surface area contributed by atoms with E-state index in [9.17, 15) is 13.2 Å². The minimum Gasteiger partial charge on any atom is -0.303 e. The van der Waals surface area contributed by atoms with Crippen LogP contribution in [0.25, 0.3) is 0 Å². The van der Waals surface area contributed by atoms with Gasteiger partial charge in [-0.1, -0.05) is 80.3 Å². The molecule has 1 unspecified atom stereocenters. The summed E-state index contributed by atoms with van der Waals surface area (Å²) in [5, 5.41) is 0.765. The molecule has 1 aromatic carbocycles. The number of benzene rings is 1. The first kappa shape index (κ1) is 24.1. The maximum atomic E-state index is 13.1. The summed E-state index contributed by atoms with van der Waals surface area (Å²) in [7, 11) is -3.51. The zero-order valence-electron chi connectivity index (χ0n) is 17.5. The van der Waals surface area contributed by atoms with Crippen molar-refractivity contribution in [3.63, 3.8) is 0 Å². The molecule has 0 aliphatic carbocycles. The van der Waals surface area contributed by atoms with E-state index in [1.807, 2.05) is 25.1 Å². The summed E-state index contributed by atoms with van der Waals surface area (Å²) >= 11 is 6.24. The van der Waals surface area contributed by atoms with Crippen LogP contribution in [0.4, 0.5) is 0 Å². The van der Waals surface area contributed by atoms with Gasteiger partial charge in [0.05, 0.1) is 4.90 Å². The van der Waals surface area contributed by atoms with Crippen molar-refractivity contribution in [2.24, 2.45) is 0 Å². The third kappa shape index (κ3) is 7.88. The second kappa shape index (κ2) is 12.5. The fourth-order valence-corrected chi connectivity index (χ4v) is 5.61. The van der Waals surface area contributed by atoms with Gasteiger partial charge in [-0.05, 0) is 38.3 Å². The van der Waals surface area contributed by atoms with Gasteiger partial charge in [0.25, 0.3) is 0 Å². The number of rotatable bonds is 13. The van der Waals surface area contributed by atoms with Crippen LogP contribution in [0.2, 0.25) is 0 Å². The topological polar surface area (TPSA) is 54.5 Å². The Morgan fingerprint density at radius 2 is 1.59 bits per heavy atom. The molecule has 0 fully saturated rings. The van der Waals surface area contributed by atoms with E-state index in [2.05, 4.69) is 0 Å². The lowest BCUT2D eigenvalue weighted by Crippen LogP contribution is -2.42. The van der Waals surface area contributed by atoms with Crippen LogP contribution in [0.15, 0.2) is 40.3 Å². The van der Waals surface area contributed by atoms with Gasteiger partial charge < -0.3 is 4.79 Å². The number of halogens is 1. The van der Waals surface area contributed by atoms with Crippen molar-refractivity contribution in [2.45, 2.75) is 88.5 Å². The van der Waals surface area contributed by atoms with Crippen molar-refractivity contribution in [1.29, 1.82) is 0 Å². The number of aldehydes is 1. The largest absolute Gasteiger partial charge is 0.303 e. The van der Waals surface area contributed by atoms with Crippen molar-refractivity contribution in [3.05, 3.63) is 40.9 Å². The summed E-state index contributed by atoms with van der Waals surface area (Å²) in [4.78, 5) is 10.6. The Morgan fingerprint density at radius 1 is 1.00 bits per heavy atom. The molecule has 0 N–H and O–H groups in total. The predicted octanol–water partition coefficient (Wildman–Crippen LogP) is 5.98. The molecule has 29 heavy (non-hydrogen) atoms. The molecule has 2 rings (SSSR count). The molecule has 0 spiro atoms. The molecular formula is C23H34ClNO3S.